The molecule has 0 aliphatic rings. The van der Waals surface area contributed by atoms with Crippen LogP contribution in [0.2, 0.25) is 0 Å². The summed E-state index contributed by atoms with van der Waals surface area (Å²) < 4.78 is 26.9. The minimum Gasteiger partial charge on any atom is -0.326 e. The third kappa shape index (κ3) is 5.19. The highest BCUT2D eigenvalue weighted by atomic mass is 32.2. The van der Waals surface area contributed by atoms with Gasteiger partial charge in [-0.25, -0.2) is 13.1 Å². The standard InChI is InChI=1S/C12H23N3O2S2/c1-10-12(8-11(9-13)18-10)19(16,17)14-6-4-5-7-15(2)3/h8,14H,4-7,9,13H2,1-3H3. The molecule has 5 nitrogen and oxygen atoms in total. The van der Waals surface area contributed by atoms with Crippen LogP contribution in [0.3, 0.4) is 0 Å². The van der Waals surface area contributed by atoms with E-state index in [1.807, 2.05) is 21.0 Å². The SMILES string of the molecule is Cc1sc(CN)cc1S(=O)(=O)NCCCCN(C)C. The first-order valence-corrected chi connectivity index (χ1v) is 8.60. The zero-order valence-electron chi connectivity index (χ0n) is 11.8. The lowest BCUT2D eigenvalue weighted by molar-refractivity contribution is 0.394. The van der Waals surface area contributed by atoms with Crippen molar-refractivity contribution in [3.05, 3.63) is 15.8 Å². The molecule has 1 rings (SSSR count). The molecule has 0 unspecified atom stereocenters. The van der Waals surface area contributed by atoms with Crippen molar-refractivity contribution < 1.29 is 8.42 Å². The van der Waals surface area contributed by atoms with Gasteiger partial charge in [-0.1, -0.05) is 0 Å². The molecule has 0 aromatic carbocycles. The number of sulfonamides is 1. The third-order valence-corrected chi connectivity index (χ3v) is 5.53. The summed E-state index contributed by atoms with van der Waals surface area (Å²) in [6.45, 7) is 3.63. The van der Waals surface area contributed by atoms with Gasteiger partial charge in [0.25, 0.3) is 0 Å². The van der Waals surface area contributed by atoms with E-state index in [1.165, 1.54) is 11.3 Å². The Kier molecular flexibility index (Phi) is 6.41. The third-order valence-electron chi connectivity index (χ3n) is 2.74. The zero-order valence-corrected chi connectivity index (χ0v) is 13.4. The quantitative estimate of drug-likeness (QED) is 0.706. The highest BCUT2D eigenvalue weighted by Gasteiger charge is 2.18. The van der Waals surface area contributed by atoms with Crippen LogP contribution in [-0.4, -0.2) is 40.5 Å². The highest BCUT2D eigenvalue weighted by Crippen LogP contribution is 2.25. The van der Waals surface area contributed by atoms with Crippen LogP contribution in [0.25, 0.3) is 0 Å². The Bertz CT molecular complexity index is 495. The fraction of sp³-hybridized carbons (Fsp3) is 0.667. The first-order valence-electron chi connectivity index (χ1n) is 6.30. The number of nitrogens with two attached hydrogens (primary N) is 1. The molecule has 0 spiro atoms. The maximum atomic E-state index is 12.1. The molecule has 0 aliphatic carbocycles. The summed E-state index contributed by atoms with van der Waals surface area (Å²) in [6, 6.07) is 1.67. The smallest absolute Gasteiger partial charge is 0.241 e. The predicted octanol–water partition coefficient (Wildman–Crippen LogP) is 1.14. The summed E-state index contributed by atoms with van der Waals surface area (Å²) in [5.74, 6) is 0. The molecule has 0 atom stereocenters. The highest BCUT2D eigenvalue weighted by molar-refractivity contribution is 7.89. The average molecular weight is 305 g/mol. The number of rotatable bonds is 8. The summed E-state index contributed by atoms with van der Waals surface area (Å²) in [4.78, 5) is 4.14. The topological polar surface area (TPSA) is 75.4 Å². The van der Waals surface area contributed by atoms with Crippen molar-refractivity contribution in [2.75, 3.05) is 27.2 Å². The summed E-state index contributed by atoms with van der Waals surface area (Å²) in [5.41, 5.74) is 5.53. The molecule has 7 heteroatoms. The monoisotopic (exact) mass is 305 g/mol. The van der Waals surface area contributed by atoms with E-state index in [9.17, 15) is 8.42 Å². The van der Waals surface area contributed by atoms with Crippen molar-refractivity contribution in [3.8, 4) is 0 Å². The van der Waals surface area contributed by atoms with Crippen LogP contribution < -0.4 is 10.5 Å². The van der Waals surface area contributed by atoms with E-state index in [0.717, 1.165) is 29.1 Å². The molecule has 1 heterocycles. The lowest BCUT2D eigenvalue weighted by atomic mass is 10.3. The normalized spacial score (nSPS) is 12.3. The molecular formula is C12H23N3O2S2. The van der Waals surface area contributed by atoms with Gasteiger partial charge in [-0.2, -0.15) is 0 Å². The minimum atomic E-state index is -3.39. The Morgan fingerprint density at radius 1 is 1.37 bits per heavy atom. The van der Waals surface area contributed by atoms with Crippen LogP contribution >= 0.6 is 11.3 Å². The minimum absolute atomic E-state index is 0.366. The van der Waals surface area contributed by atoms with Crippen LogP contribution in [0.4, 0.5) is 0 Å². The lowest BCUT2D eigenvalue weighted by Crippen LogP contribution is -2.25. The molecule has 19 heavy (non-hydrogen) atoms. The van der Waals surface area contributed by atoms with E-state index in [2.05, 4.69) is 9.62 Å². The Labute approximate surface area is 119 Å². The largest absolute Gasteiger partial charge is 0.326 e. The number of nitrogens with one attached hydrogen (secondary N) is 1. The maximum absolute atomic E-state index is 12.1. The lowest BCUT2D eigenvalue weighted by Gasteiger charge is -2.09. The van der Waals surface area contributed by atoms with Crippen molar-refractivity contribution in [1.82, 2.24) is 9.62 Å². The second-order valence-corrected chi connectivity index (χ2v) is 7.82. The molecular weight excluding hydrogens is 282 g/mol. The number of nitrogens with zero attached hydrogens (tertiary/aromatic N) is 1. The molecule has 110 valence electrons. The molecule has 0 amide bonds. The molecule has 0 bridgehead atoms. The van der Waals surface area contributed by atoms with Gasteiger partial charge < -0.3 is 10.6 Å². The number of thiophene rings is 1. The van der Waals surface area contributed by atoms with Gasteiger partial charge in [0.05, 0.1) is 4.90 Å². The molecule has 0 saturated carbocycles. The first-order chi connectivity index (χ1) is 8.86. The van der Waals surface area contributed by atoms with Gasteiger partial charge in [0.1, 0.15) is 0 Å². The van der Waals surface area contributed by atoms with Crippen molar-refractivity contribution in [2.24, 2.45) is 5.73 Å². The van der Waals surface area contributed by atoms with E-state index in [1.54, 1.807) is 6.07 Å². The number of aryl methyl sites for hydroxylation is 1. The molecule has 1 aromatic rings. The van der Waals surface area contributed by atoms with E-state index >= 15 is 0 Å². The number of hydrogen-bond acceptors (Lipinski definition) is 5. The summed E-state index contributed by atoms with van der Waals surface area (Å²) in [5, 5.41) is 0. The van der Waals surface area contributed by atoms with Crippen LogP contribution in [-0.2, 0) is 16.6 Å². The van der Waals surface area contributed by atoms with Crippen LogP contribution in [0, 0.1) is 6.92 Å². The molecule has 1 aromatic heterocycles. The van der Waals surface area contributed by atoms with E-state index in [0.29, 0.717) is 18.0 Å². The van der Waals surface area contributed by atoms with Crippen molar-refractivity contribution in [2.45, 2.75) is 31.2 Å². The molecule has 0 fully saturated rings. The predicted molar refractivity (Wildman–Crippen MR) is 79.9 cm³/mol. The Balaban J connectivity index is 2.53. The fourth-order valence-corrected chi connectivity index (χ4v) is 4.31. The van der Waals surface area contributed by atoms with Crippen molar-refractivity contribution in [1.29, 1.82) is 0 Å². The Morgan fingerprint density at radius 3 is 2.58 bits per heavy atom. The second kappa shape index (κ2) is 7.35. The van der Waals surface area contributed by atoms with E-state index in [4.69, 9.17) is 5.73 Å². The number of hydrogen-bond donors (Lipinski definition) is 2. The molecule has 0 aliphatic heterocycles. The van der Waals surface area contributed by atoms with Gasteiger partial charge in [0.2, 0.25) is 10.0 Å². The molecule has 3 N–H and O–H groups in total. The van der Waals surface area contributed by atoms with Gasteiger partial charge in [-0.15, -0.1) is 11.3 Å². The van der Waals surface area contributed by atoms with Crippen molar-refractivity contribution >= 4 is 21.4 Å². The molecule has 0 saturated heterocycles. The van der Waals surface area contributed by atoms with Gasteiger partial charge >= 0.3 is 0 Å². The van der Waals surface area contributed by atoms with Gasteiger partial charge in [-0.05, 0) is 46.5 Å². The first kappa shape index (κ1) is 16.6. The van der Waals surface area contributed by atoms with E-state index < -0.39 is 10.0 Å². The van der Waals surface area contributed by atoms with Crippen LogP contribution in [0.15, 0.2) is 11.0 Å². The Morgan fingerprint density at radius 2 is 2.05 bits per heavy atom. The Hall–Kier alpha value is -0.470. The fourth-order valence-electron chi connectivity index (χ4n) is 1.73. The van der Waals surface area contributed by atoms with Gasteiger partial charge in [0.15, 0.2) is 0 Å². The maximum Gasteiger partial charge on any atom is 0.241 e. The summed E-state index contributed by atoms with van der Waals surface area (Å²) in [6.07, 6.45) is 1.82. The van der Waals surface area contributed by atoms with E-state index in [-0.39, 0.29) is 0 Å². The summed E-state index contributed by atoms with van der Waals surface area (Å²) >= 11 is 1.44. The number of unbranched alkanes of at least 4 members (excludes halogenated alkanes) is 1. The van der Waals surface area contributed by atoms with Crippen molar-refractivity contribution in [3.63, 3.8) is 0 Å². The van der Waals surface area contributed by atoms with Crippen LogP contribution in [0.5, 0.6) is 0 Å². The van der Waals surface area contributed by atoms with Gasteiger partial charge in [-0.3, -0.25) is 0 Å². The second-order valence-electron chi connectivity index (χ2n) is 4.75. The van der Waals surface area contributed by atoms with Crippen LogP contribution in [0.1, 0.15) is 22.6 Å². The zero-order chi connectivity index (χ0) is 14.5. The average Bonchev–Trinajstić information content (AvgIpc) is 2.70. The summed E-state index contributed by atoms with van der Waals surface area (Å²) in [7, 11) is 0.625. The van der Waals surface area contributed by atoms with Gasteiger partial charge in [0, 0.05) is 22.8 Å². The molecule has 0 radical (unpaired) electrons.